The van der Waals surface area contributed by atoms with Gasteiger partial charge in [0.05, 0.1) is 33.0 Å². The molecule has 0 N–H and O–H groups in total. The van der Waals surface area contributed by atoms with Gasteiger partial charge in [-0.1, -0.05) is 227 Å². The molecule has 3 rings (SSSR count). The molecular weight excluding hydrogens is 1110 g/mol. The summed E-state index contributed by atoms with van der Waals surface area (Å²) in [6.07, 6.45) is 43.4. The molecule has 0 aromatic carbocycles. The molecule has 0 aromatic rings. The number of rotatable bonds is 56. The lowest BCUT2D eigenvalue weighted by atomic mass is 10.1. The number of guanidine groups is 3. The Balaban J connectivity index is 1.66. The van der Waals surface area contributed by atoms with E-state index in [4.69, 9.17) is 36.7 Å². The van der Waals surface area contributed by atoms with Crippen molar-refractivity contribution >= 4 is 41.1 Å². The summed E-state index contributed by atoms with van der Waals surface area (Å²) in [6, 6.07) is 0. The van der Waals surface area contributed by atoms with Crippen molar-refractivity contribution in [1.82, 2.24) is 29.4 Å². The Bertz CT molecular complexity index is 1870. The average Bonchev–Trinajstić information content (AvgIpc) is 4.37. The van der Waals surface area contributed by atoms with Crippen molar-refractivity contribution in [2.24, 2.45) is 14.3 Å². The van der Waals surface area contributed by atoms with Crippen molar-refractivity contribution in [1.29, 1.82) is 0 Å². The third-order valence-electron chi connectivity index (χ3n) is 16.3. The fraction of sp³-hybridized carbons (Fsp3) is 0.952. The van der Waals surface area contributed by atoms with Gasteiger partial charge >= 0.3 is 23.2 Å². The maximum Gasteiger partial charge on any atom is 0.457 e. The molecule has 0 spiro atoms. The Labute approximate surface area is 508 Å². The highest BCUT2D eigenvalue weighted by molar-refractivity contribution is 7.53. The van der Waals surface area contributed by atoms with E-state index in [0.29, 0.717) is 17.9 Å². The molecule has 3 aliphatic heterocycles. The second-order valence-electron chi connectivity index (χ2n) is 23.8. The van der Waals surface area contributed by atoms with Gasteiger partial charge in [0.25, 0.3) is 0 Å². The summed E-state index contributed by atoms with van der Waals surface area (Å²) in [6.45, 7) is 16.3. The second kappa shape index (κ2) is 47.3. The highest BCUT2D eigenvalue weighted by Gasteiger charge is 2.35. The summed E-state index contributed by atoms with van der Waals surface area (Å²) in [5.74, 6) is 1.84. The highest BCUT2D eigenvalue weighted by Crippen LogP contribution is 2.53. The normalized spacial score (nSPS) is 18.7. The van der Waals surface area contributed by atoms with E-state index in [0.717, 1.165) is 130 Å². The van der Waals surface area contributed by atoms with Crippen molar-refractivity contribution in [3.63, 3.8) is 0 Å². The Morgan fingerprint density at radius 2 is 0.518 bits per heavy atom. The minimum atomic E-state index is -4.13. The van der Waals surface area contributed by atoms with Crippen LogP contribution in [0.15, 0.2) is 14.3 Å². The zero-order valence-corrected chi connectivity index (χ0v) is 57.3. The molecule has 21 heteroatoms. The quantitative estimate of drug-likeness (QED) is 0.0417. The molecule has 488 valence electrons. The maximum absolute atomic E-state index is 14.9. The Morgan fingerprint density at radius 1 is 0.301 bits per heavy atom. The molecule has 0 amide bonds. The largest absolute Gasteiger partial charge is 0.457 e. The van der Waals surface area contributed by atoms with E-state index in [-0.39, 0.29) is 45.9 Å². The molecule has 83 heavy (non-hydrogen) atoms. The van der Waals surface area contributed by atoms with Gasteiger partial charge in [-0.3, -0.25) is 27.1 Å². The molecule has 18 nitrogen and oxygen atoms in total. The van der Waals surface area contributed by atoms with E-state index in [9.17, 15) is 13.7 Å². The van der Waals surface area contributed by atoms with E-state index >= 15 is 0 Å². The van der Waals surface area contributed by atoms with Crippen LogP contribution in [-0.4, -0.2) is 167 Å². The minimum absolute atomic E-state index is 0.00190. The zero-order valence-electron chi connectivity index (χ0n) is 54.6. The zero-order chi connectivity index (χ0) is 60.1. The molecular formula is C62H126N9O9P3. The summed E-state index contributed by atoms with van der Waals surface area (Å²) in [7, 11) is -4.69. The molecule has 0 bridgehead atoms. The van der Waals surface area contributed by atoms with Crippen LogP contribution in [0.1, 0.15) is 265 Å². The van der Waals surface area contributed by atoms with Crippen LogP contribution in [0.4, 0.5) is 0 Å². The van der Waals surface area contributed by atoms with Crippen LogP contribution in [-0.2, 0) is 40.8 Å². The van der Waals surface area contributed by atoms with E-state index in [1.807, 2.05) is 35.8 Å². The number of hydrogen-bond acceptors (Lipinski definition) is 9. The molecule has 3 aliphatic rings. The first-order chi connectivity index (χ1) is 40.3. The summed E-state index contributed by atoms with van der Waals surface area (Å²) >= 11 is 0. The highest BCUT2D eigenvalue weighted by atomic mass is 31.2. The molecule has 3 saturated heterocycles. The van der Waals surface area contributed by atoms with Crippen LogP contribution in [0.2, 0.25) is 0 Å². The van der Waals surface area contributed by atoms with Gasteiger partial charge in [0.1, 0.15) is 0 Å². The van der Waals surface area contributed by atoms with Gasteiger partial charge in [-0.25, -0.2) is 13.7 Å². The molecule has 3 unspecified atom stereocenters. The third-order valence-corrected chi connectivity index (χ3v) is 20.6. The molecule has 3 atom stereocenters. The predicted molar refractivity (Wildman–Crippen MR) is 348 cm³/mol. The maximum atomic E-state index is 14.9. The Kier molecular flexibility index (Phi) is 43.0. The number of hydrogen-bond donors (Lipinski definition) is 0. The van der Waals surface area contributed by atoms with Gasteiger partial charge in [0, 0.05) is 87.2 Å². The van der Waals surface area contributed by atoms with Crippen molar-refractivity contribution in [2.75, 3.05) is 120 Å². The fourth-order valence-electron chi connectivity index (χ4n) is 10.9. The van der Waals surface area contributed by atoms with Gasteiger partial charge in [-0.05, 0) is 38.5 Å². The van der Waals surface area contributed by atoms with E-state index in [2.05, 4.69) is 47.2 Å². The Morgan fingerprint density at radius 3 is 0.783 bits per heavy atom. The molecule has 0 aromatic heterocycles. The van der Waals surface area contributed by atoms with E-state index in [1.165, 1.54) is 161 Å². The van der Waals surface area contributed by atoms with Crippen molar-refractivity contribution in [3.8, 4) is 0 Å². The van der Waals surface area contributed by atoms with Crippen LogP contribution in [0.25, 0.3) is 0 Å². The predicted octanol–water partition coefficient (Wildman–Crippen LogP) is 17.4. The smallest absolute Gasteiger partial charge is 0.344 e. The lowest BCUT2D eigenvalue weighted by Crippen LogP contribution is -2.32. The average molecular weight is 1230 g/mol. The number of likely N-dealkylation sites (N-methyl/N-ethyl adjacent to an activating group) is 3. The molecule has 3 fully saturated rings. The summed E-state index contributed by atoms with van der Waals surface area (Å²) < 4.78 is 93.4. The van der Waals surface area contributed by atoms with Crippen LogP contribution < -0.4 is 0 Å². The summed E-state index contributed by atoms with van der Waals surface area (Å²) in [5.41, 5.74) is 0. The van der Waals surface area contributed by atoms with Crippen LogP contribution >= 0.6 is 23.2 Å². The number of nitrogens with zero attached hydrogens (tertiary/aromatic N) is 9. The third kappa shape index (κ3) is 34.0. The lowest BCUT2D eigenvalue weighted by Gasteiger charge is -2.24. The van der Waals surface area contributed by atoms with Gasteiger partial charge in [0.15, 0.2) is 0 Å². The monoisotopic (exact) mass is 1230 g/mol. The topological polar surface area (TPSA) is 163 Å². The van der Waals surface area contributed by atoms with Gasteiger partial charge < -0.3 is 29.4 Å². The van der Waals surface area contributed by atoms with Crippen molar-refractivity contribution in [3.05, 3.63) is 0 Å². The van der Waals surface area contributed by atoms with Crippen molar-refractivity contribution in [2.45, 2.75) is 265 Å². The fourth-order valence-corrected chi connectivity index (χ4v) is 14.8. The first kappa shape index (κ1) is 75.5. The molecule has 0 aliphatic carbocycles. The Hall–Kier alpha value is -1.74. The molecule has 0 saturated carbocycles. The van der Waals surface area contributed by atoms with Gasteiger partial charge in [0.2, 0.25) is 17.9 Å². The second-order valence-corrected chi connectivity index (χ2v) is 28.9. The molecule has 3 heterocycles. The summed E-state index contributed by atoms with van der Waals surface area (Å²) in [5, 5.41) is 0. The van der Waals surface area contributed by atoms with Crippen molar-refractivity contribution < 1.29 is 40.8 Å². The SMILES string of the molecule is CCCCCCCCCCCCN1CCN(C)/C1=N/P(=O)(OC)OCCCOP(=O)(/N=C1\N(C)CCN1CCCCCCCCCCCC)OCCCOP(=O)(/N=C1/N(C)CCN1CCCCCCCCCCCC)OCCCCCCC. The van der Waals surface area contributed by atoms with Gasteiger partial charge in [-0.2, -0.15) is 0 Å². The van der Waals surface area contributed by atoms with Crippen LogP contribution in [0.5, 0.6) is 0 Å². The first-order valence-corrected chi connectivity index (χ1v) is 38.6. The first-order valence-electron chi connectivity index (χ1n) is 34.1. The standard InChI is InChI=1S/C62H126N9O9P3/c1-9-13-17-21-24-27-30-33-36-40-46-69-52-49-66(5)60(69)63-81(72,75-8)76-56-44-57-79-83(74,65-62-68(7)51-54-71(62)48-42-38-35-32-29-26-23-19-15-11-3)80-59-45-58-78-82(73,77-55-43-39-20-16-12-4)64-61-67(6)50-53-70(61)47-41-37-34-31-28-25-22-18-14-10-2/h9-59H2,1-8H3/b63-60-,64-61-,65-62+. The summed E-state index contributed by atoms with van der Waals surface area (Å²) in [4.78, 5) is 12.6. The molecule has 0 radical (unpaired) electrons. The van der Waals surface area contributed by atoms with Crippen LogP contribution in [0, 0.1) is 0 Å². The minimum Gasteiger partial charge on any atom is -0.344 e. The van der Waals surface area contributed by atoms with Gasteiger partial charge in [-0.15, -0.1) is 14.3 Å². The van der Waals surface area contributed by atoms with E-state index in [1.54, 1.807) is 0 Å². The van der Waals surface area contributed by atoms with Crippen LogP contribution in [0.3, 0.4) is 0 Å². The lowest BCUT2D eigenvalue weighted by molar-refractivity contribution is 0.163. The number of unbranched alkanes of at least 4 members (excludes halogenated alkanes) is 31. The van der Waals surface area contributed by atoms with E-state index < -0.39 is 23.2 Å².